The summed E-state index contributed by atoms with van der Waals surface area (Å²) in [7, 11) is 0. The van der Waals surface area contributed by atoms with Crippen molar-refractivity contribution in [3.8, 4) is 5.75 Å². The lowest BCUT2D eigenvalue weighted by Crippen LogP contribution is -2.08. The van der Waals surface area contributed by atoms with E-state index in [2.05, 4.69) is 6.92 Å². The van der Waals surface area contributed by atoms with Gasteiger partial charge in [-0.2, -0.15) is 0 Å². The molecule has 0 atom stereocenters. The van der Waals surface area contributed by atoms with E-state index in [0.29, 0.717) is 36.6 Å². The molecule has 0 aromatic heterocycles. The van der Waals surface area contributed by atoms with Crippen LogP contribution in [0.4, 0.5) is 0 Å². The summed E-state index contributed by atoms with van der Waals surface area (Å²) in [5.74, 6) is 0.120. The highest BCUT2D eigenvalue weighted by atomic mass is 35.5. The minimum absolute atomic E-state index is 0.134. The Kier molecular flexibility index (Phi) is 13.5. The van der Waals surface area contributed by atoms with Gasteiger partial charge in [0.2, 0.25) is 0 Å². The number of hydrogen-bond acceptors (Lipinski definition) is 4. The number of carbonyl (C=O) groups excluding carboxylic acids is 2. The predicted molar refractivity (Wildman–Crippen MR) is 114 cm³/mol. The molecule has 0 spiro atoms. The lowest BCUT2D eigenvalue weighted by atomic mass is 10.1. The smallest absolute Gasteiger partial charge is 0.311 e. The Labute approximate surface area is 174 Å². The molecular weight excluding hydrogens is 376 g/mol. The largest absolute Gasteiger partial charge is 0.466 e. The molecule has 0 saturated heterocycles. The van der Waals surface area contributed by atoms with Crippen LogP contribution in [0.5, 0.6) is 5.75 Å². The van der Waals surface area contributed by atoms with Crippen molar-refractivity contribution in [2.75, 3.05) is 6.61 Å². The van der Waals surface area contributed by atoms with Crippen molar-refractivity contribution in [1.82, 2.24) is 0 Å². The van der Waals surface area contributed by atoms with Crippen LogP contribution in [-0.4, -0.2) is 18.5 Å². The van der Waals surface area contributed by atoms with Crippen molar-refractivity contribution < 1.29 is 19.1 Å². The first kappa shape index (κ1) is 24.5. The number of unbranched alkanes of at least 4 members (excludes halogenated alkanes) is 8. The van der Waals surface area contributed by atoms with Crippen molar-refractivity contribution in [1.29, 1.82) is 0 Å². The maximum Gasteiger partial charge on any atom is 0.311 e. The molecule has 5 heteroatoms. The summed E-state index contributed by atoms with van der Waals surface area (Å²) in [4.78, 5) is 23.5. The van der Waals surface area contributed by atoms with Gasteiger partial charge in [-0.1, -0.05) is 63.5 Å². The monoisotopic (exact) mass is 410 g/mol. The van der Waals surface area contributed by atoms with Crippen LogP contribution in [0, 0.1) is 6.92 Å². The molecule has 0 fully saturated rings. The molecule has 0 aliphatic rings. The van der Waals surface area contributed by atoms with E-state index in [1.54, 1.807) is 18.2 Å². The van der Waals surface area contributed by atoms with E-state index in [1.807, 2.05) is 6.92 Å². The van der Waals surface area contributed by atoms with Gasteiger partial charge in [0, 0.05) is 17.9 Å². The molecule has 1 aromatic rings. The zero-order valence-corrected chi connectivity index (χ0v) is 18.2. The third-order valence-electron chi connectivity index (χ3n) is 4.63. The van der Waals surface area contributed by atoms with Gasteiger partial charge < -0.3 is 9.47 Å². The molecule has 28 heavy (non-hydrogen) atoms. The third kappa shape index (κ3) is 12.0. The highest BCUT2D eigenvalue weighted by molar-refractivity contribution is 6.31. The quantitative estimate of drug-likeness (QED) is 0.181. The number of aryl methyl sites for hydroxylation is 1. The standard InChI is InChI=1S/C23H35ClO4/c1-3-4-5-6-7-8-12-17-27-22(25)13-10-9-11-14-23(26)28-20-15-16-21(24)19(2)18-20/h15-16,18H,3-14,17H2,1-2H3. The molecule has 0 radical (unpaired) electrons. The number of hydrogen-bond donors (Lipinski definition) is 0. The predicted octanol–water partition coefficient (Wildman–Crippen LogP) is 6.80. The second-order valence-electron chi connectivity index (χ2n) is 7.29. The number of esters is 2. The van der Waals surface area contributed by atoms with E-state index < -0.39 is 0 Å². The zero-order chi connectivity index (χ0) is 20.6. The minimum atomic E-state index is -0.261. The first-order valence-corrected chi connectivity index (χ1v) is 11.0. The maximum absolute atomic E-state index is 11.8. The van der Waals surface area contributed by atoms with Crippen LogP contribution in [0.25, 0.3) is 0 Å². The molecule has 0 N–H and O–H groups in total. The van der Waals surface area contributed by atoms with Crippen LogP contribution in [0.1, 0.15) is 89.5 Å². The fourth-order valence-corrected chi connectivity index (χ4v) is 3.01. The molecule has 0 saturated carbocycles. The Morgan fingerprint density at radius 2 is 1.46 bits per heavy atom. The molecule has 0 unspecified atom stereocenters. The third-order valence-corrected chi connectivity index (χ3v) is 5.06. The molecular formula is C23H35ClO4. The Bertz CT molecular complexity index is 586. The average Bonchev–Trinajstić information content (AvgIpc) is 2.66. The molecule has 158 valence electrons. The normalized spacial score (nSPS) is 10.7. The first-order chi connectivity index (χ1) is 13.5. The van der Waals surface area contributed by atoms with Crippen molar-refractivity contribution in [3.05, 3.63) is 28.8 Å². The number of ether oxygens (including phenoxy) is 2. The number of carbonyl (C=O) groups is 2. The summed E-state index contributed by atoms with van der Waals surface area (Å²) in [6.45, 7) is 4.61. The van der Waals surface area contributed by atoms with Crippen LogP contribution < -0.4 is 4.74 Å². The summed E-state index contributed by atoms with van der Waals surface area (Å²) in [5, 5.41) is 0.652. The molecule has 1 aromatic carbocycles. The summed E-state index contributed by atoms with van der Waals surface area (Å²) < 4.78 is 10.6. The molecule has 1 rings (SSSR count). The van der Waals surface area contributed by atoms with Crippen LogP contribution in [0.3, 0.4) is 0 Å². The Balaban J connectivity index is 1.97. The van der Waals surface area contributed by atoms with Crippen LogP contribution in [0.15, 0.2) is 18.2 Å². The topological polar surface area (TPSA) is 52.6 Å². The average molecular weight is 411 g/mol. The minimum Gasteiger partial charge on any atom is -0.466 e. The Morgan fingerprint density at radius 1 is 0.857 bits per heavy atom. The van der Waals surface area contributed by atoms with Crippen LogP contribution in [0.2, 0.25) is 5.02 Å². The molecule has 0 aliphatic carbocycles. The van der Waals surface area contributed by atoms with Gasteiger partial charge in [-0.05, 0) is 49.9 Å². The van der Waals surface area contributed by atoms with Gasteiger partial charge in [0.1, 0.15) is 5.75 Å². The van der Waals surface area contributed by atoms with Crippen LogP contribution in [-0.2, 0) is 14.3 Å². The fourth-order valence-electron chi connectivity index (χ4n) is 2.90. The summed E-state index contributed by atoms with van der Waals surface area (Å²) >= 11 is 5.95. The van der Waals surface area contributed by atoms with E-state index in [0.717, 1.165) is 31.2 Å². The van der Waals surface area contributed by atoms with Gasteiger partial charge in [-0.15, -0.1) is 0 Å². The summed E-state index contributed by atoms with van der Waals surface area (Å²) in [6, 6.07) is 5.16. The molecule has 0 amide bonds. The molecule has 4 nitrogen and oxygen atoms in total. The van der Waals surface area contributed by atoms with Crippen molar-refractivity contribution >= 4 is 23.5 Å². The van der Waals surface area contributed by atoms with Crippen molar-refractivity contribution in [2.45, 2.75) is 90.9 Å². The van der Waals surface area contributed by atoms with E-state index in [1.165, 1.54) is 32.1 Å². The highest BCUT2D eigenvalue weighted by Gasteiger charge is 2.07. The van der Waals surface area contributed by atoms with E-state index in [9.17, 15) is 9.59 Å². The van der Waals surface area contributed by atoms with Gasteiger partial charge in [0.05, 0.1) is 6.61 Å². The second-order valence-corrected chi connectivity index (χ2v) is 7.69. The number of benzene rings is 1. The SMILES string of the molecule is CCCCCCCCCOC(=O)CCCCCC(=O)Oc1ccc(Cl)c(C)c1. The first-order valence-electron chi connectivity index (χ1n) is 10.7. The van der Waals surface area contributed by atoms with Crippen molar-refractivity contribution in [3.63, 3.8) is 0 Å². The zero-order valence-electron chi connectivity index (χ0n) is 17.4. The Morgan fingerprint density at radius 3 is 2.14 bits per heavy atom. The molecule has 0 aliphatic heterocycles. The lowest BCUT2D eigenvalue weighted by Gasteiger charge is -2.06. The van der Waals surface area contributed by atoms with Crippen LogP contribution >= 0.6 is 11.6 Å². The van der Waals surface area contributed by atoms with Gasteiger partial charge in [-0.3, -0.25) is 9.59 Å². The van der Waals surface area contributed by atoms with E-state index in [4.69, 9.17) is 21.1 Å². The molecule has 0 bridgehead atoms. The van der Waals surface area contributed by atoms with Gasteiger partial charge >= 0.3 is 11.9 Å². The van der Waals surface area contributed by atoms with E-state index >= 15 is 0 Å². The highest BCUT2D eigenvalue weighted by Crippen LogP contribution is 2.21. The number of rotatable bonds is 15. The van der Waals surface area contributed by atoms with E-state index in [-0.39, 0.29) is 11.9 Å². The second kappa shape index (κ2) is 15.4. The fraction of sp³-hybridized carbons (Fsp3) is 0.652. The van der Waals surface area contributed by atoms with Crippen molar-refractivity contribution in [2.24, 2.45) is 0 Å². The molecule has 0 heterocycles. The number of halogens is 1. The van der Waals surface area contributed by atoms with Gasteiger partial charge in [-0.25, -0.2) is 0 Å². The Hall–Kier alpha value is -1.55. The summed E-state index contributed by atoms with van der Waals surface area (Å²) in [5.41, 5.74) is 0.877. The maximum atomic E-state index is 11.8. The summed E-state index contributed by atoms with van der Waals surface area (Å²) in [6.07, 6.45) is 11.5. The van der Waals surface area contributed by atoms with Gasteiger partial charge in [0.15, 0.2) is 0 Å². The van der Waals surface area contributed by atoms with Gasteiger partial charge in [0.25, 0.3) is 0 Å². The lowest BCUT2D eigenvalue weighted by molar-refractivity contribution is -0.143.